The lowest BCUT2D eigenvalue weighted by Crippen LogP contribution is -2.45. The molecule has 1 aliphatic rings. The lowest BCUT2D eigenvalue weighted by Gasteiger charge is -2.34. The van der Waals surface area contributed by atoms with E-state index in [1.165, 1.54) is 0 Å². The van der Waals surface area contributed by atoms with Crippen LogP contribution in [0.1, 0.15) is 18.1 Å². The van der Waals surface area contributed by atoms with Crippen molar-refractivity contribution in [2.24, 2.45) is 0 Å². The van der Waals surface area contributed by atoms with E-state index in [0.29, 0.717) is 17.7 Å². The van der Waals surface area contributed by atoms with Crippen LogP contribution in [0.25, 0.3) is 11.0 Å². The predicted octanol–water partition coefficient (Wildman–Crippen LogP) is 1.94. The standard InChI is InChI=1S/C17H22N2O3/c1-3-18-4-6-19(7-5-18)11-13-9-17(21)22-16-8-12(2)15(20)10-14(13)16/h8-10,20H,3-7,11H2,1-2H3. The topological polar surface area (TPSA) is 56.9 Å². The van der Waals surface area contributed by atoms with Crippen LogP contribution in [-0.4, -0.2) is 47.6 Å². The highest BCUT2D eigenvalue weighted by Crippen LogP contribution is 2.26. The number of hydrogen-bond acceptors (Lipinski definition) is 5. The number of piperazine rings is 1. The average Bonchev–Trinajstić information content (AvgIpc) is 2.50. The van der Waals surface area contributed by atoms with Crippen molar-refractivity contribution in [2.45, 2.75) is 20.4 Å². The second kappa shape index (κ2) is 6.10. The van der Waals surface area contributed by atoms with E-state index in [4.69, 9.17) is 4.42 Å². The van der Waals surface area contributed by atoms with E-state index in [1.807, 2.05) is 0 Å². The molecule has 0 aliphatic carbocycles. The molecule has 1 aromatic heterocycles. The molecule has 0 unspecified atom stereocenters. The monoisotopic (exact) mass is 302 g/mol. The molecule has 5 nitrogen and oxygen atoms in total. The summed E-state index contributed by atoms with van der Waals surface area (Å²) in [7, 11) is 0. The van der Waals surface area contributed by atoms with Crippen LogP contribution in [0.3, 0.4) is 0 Å². The summed E-state index contributed by atoms with van der Waals surface area (Å²) in [5.74, 6) is 0.235. The number of likely N-dealkylation sites (N-methyl/N-ethyl adjacent to an activating group) is 1. The molecule has 1 aliphatic heterocycles. The number of fused-ring (bicyclic) bond motifs is 1. The fourth-order valence-corrected chi connectivity index (χ4v) is 3.00. The maximum Gasteiger partial charge on any atom is 0.336 e. The van der Waals surface area contributed by atoms with Gasteiger partial charge in [-0.1, -0.05) is 6.92 Å². The molecule has 118 valence electrons. The Morgan fingerprint density at radius 2 is 1.82 bits per heavy atom. The van der Waals surface area contributed by atoms with Gasteiger partial charge in [0.2, 0.25) is 0 Å². The zero-order chi connectivity index (χ0) is 15.7. The summed E-state index contributed by atoms with van der Waals surface area (Å²) in [6.07, 6.45) is 0. The molecule has 1 fully saturated rings. The van der Waals surface area contributed by atoms with Crippen LogP contribution >= 0.6 is 0 Å². The first-order valence-corrected chi connectivity index (χ1v) is 7.78. The van der Waals surface area contributed by atoms with Gasteiger partial charge in [-0.05, 0) is 36.7 Å². The van der Waals surface area contributed by atoms with Gasteiger partial charge in [0.05, 0.1) is 0 Å². The number of phenolic OH excluding ortho intramolecular Hbond substituents is 1. The number of benzene rings is 1. The van der Waals surface area contributed by atoms with E-state index in [0.717, 1.165) is 43.7 Å². The van der Waals surface area contributed by atoms with Gasteiger partial charge in [-0.3, -0.25) is 4.90 Å². The Balaban J connectivity index is 1.90. The molecule has 2 aromatic rings. The van der Waals surface area contributed by atoms with E-state index in [2.05, 4.69) is 16.7 Å². The number of rotatable bonds is 3. The number of hydrogen-bond donors (Lipinski definition) is 1. The zero-order valence-electron chi connectivity index (χ0n) is 13.1. The first-order chi connectivity index (χ1) is 10.6. The molecule has 3 rings (SSSR count). The SMILES string of the molecule is CCN1CCN(Cc2cc(=O)oc3cc(C)c(O)cc23)CC1. The fraction of sp³-hybridized carbons (Fsp3) is 0.471. The molecular weight excluding hydrogens is 280 g/mol. The highest BCUT2D eigenvalue weighted by Gasteiger charge is 2.17. The maximum atomic E-state index is 11.8. The van der Waals surface area contributed by atoms with Crippen molar-refractivity contribution in [1.29, 1.82) is 0 Å². The van der Waals surface area contributed by atoms with Gasteiger partial charge >= 0.3 is 5.63 Å². The van der Waals surface area contributed by atoms with Crippen molar-refractivity contribution >= 4 is 11.0 Å². The summed E-state index contributed by atoms with van der Waals surface area (Å²) in [6, 6.07) is 4.97. The molecule has 2 heterocycles. The first-order valence-electron chi connectivity index (χ1n) is 7.78. The zero-order valence-corrected chi connectivity index (χ0v) is 13.1. The molecule has 0 atom stereocenters. The van der Waals surface area contributed by atoms with Gasteiger partial charge in [-0.15, -0.1) is 0 Å². The highest BCUT2D eigenvalue weighted by atomic mass is 16.4. The van der Waals surface area contributed by atoms with Crippen molar-refractivity contribution < 1.29 is 9.52 Å². The second-order valence-electron chi connectivity index (χ2n) is 5.94. The number of aryl methyl sites for hydroxylation is 1. The van der Waals surface area contributed by atoms with Gasteiger partial charge in [0.15, 0.2) is 0 Å². The number of aromatic hydroxyl groups is 1. The summed E-state index contributed by atoms with van der Waals surface area (Å²) >= 11 is 0. The van der Waals surface area contributed by atoms with Crippen molar-refractivity contribution in [1.82, 2.24) is 9.80 Å². The fourth-order valence-electron chi connectivity index (χ4n) is 3.00. The molecule has 0 spiro atoms. The molecule has 0 amide bonds. The summed E-state index contributed by atoms with van der Waals surface area (Å²) < 4.78 is 5.27. The molecule has 1 N–H and O–H groups in total. The van der Waals surface area contributed by atoms with Crippen molar-refractivity contribution in [2.75, 3.05) is 32.7 Å². The molecule has 0 radical (unpaired) electrons. The van der Waals surface area contributed by atoms with Crippen LogP contribution in [0.4, 0.5) is 0 Å². The third-order valence-electron chi connectivity index (χ3n) is 4.45. The Hall–Kier alpha value is -1.85. The lowest BCUT2D eigenvalue weighted by atomic mass is 10.1. The van der Waals surface area contributed by atoms with E-state index < -0.39 is 0 Å². The summed E-state index contributed by atoms with van der Waals surface area (Å²) in [4.78, 5) is 16.5. The lowest BCUT2D eigenvalue weighted by molar-refractivity contribution is 0.132. The van der Waals surface area contributed by atoms with E-state index in [9.17, 15) is 9.90 Å². The van der Waals surface area contributed by atoms with Crippen LogP contribution in [-0.2, 0) is 6.54 Å². The summed E-state index contributed by atoms with van der Waals surface area (Å²) in [5, 5.41) is 10.8. The Morgan fingerprint density at radius 3 is 2.50 bits per heavy atom. The highest BCUT2D eigenvalue weighted by molar-refractivity contribution is 5.82. The van der Waals surface area contributed by atoms with Crippen LogP contribution < -0.4 is 5.63 Å². The van der Waals surface area contributed by atoms with Crippen LogP contribution in [0.5, 0.6) is 5.75 Å². The van der Waals surface area contributed by atoms with Crippen LogP contribution in [0.15, 0.2) is 27.4 Å². The van der Waals surface area contributed by atoms with Gasteiger partial charge in [0.1, 0.15) is 11.3 Å². The van der Waals surface area contributed by atoms with Crippen molar-refractivity contribution in [3.05, 3.63) is 39.7 Å². The largest absolute Gasteiger partial charge is 0.508 e. The molecule has 1 aromatic carbocycles. The van der Waals surface area contributed by atoms with Crippen LogP contribution in [0, 0.1) is 6.92 Å². The minimum absolute atomic E-state index is 0.235. The molecular formula is C17H22N2O3. The second-order valence-corrected chi connectivity index (χ2v) is 5.94. The maximum absolute atomic E-state index is 11.8. The van der Waals surface area contributed by atoms with Crippen molar-refractivity contribution in [3.8, 4) is 5.75 Å². The van der Waals surface area contributed by atoms with Gasteiger partial charge in [-0.2, -0.15) is 0 Å². The third kappa shape index (κ3) is 3.00. The van der Waals surface area contributed by atoms with E-state index >= 15 is 0 Å². The van der Waals surface area contributed by atoms with Crippen molar-refractivity contribution in [3.63, 3.8) is 0 Å². The molecule has 0 bridgehead atoms. The van der Waals surface area contributed by atoms with Gasteiger partial charge < -0.3 is 14.4 Å². The quantitative estimate of drug-likeness (QED) is 0.878. The van der Waals surface area contributed by atoms with Gasteiger partial charge in [0.25, 0.3) is 0 Å². The Bertz CT molecular complexity index is 730. The Morgan fingerprint density at radius 1 is 1.14 bits per heavy atom. The average molecular weight is 302 g/mol. The Labute approximate surface area is 129 Å². The summed E-state index contributed by atoms with van der Waals surface area (Å²) in [5.41, 5.74) is 1.85. The molecule has 1 saturated heterocycles. The number of nitrogens with zero attached hydrogens (tertiary/aromatic N) is 2. The molecule has 0 saturated carbocycles. The normalized spacial score (nSPS) is 17.2. The van der Waals surface area contributed by atoms with E-state index in [-0.39, 0.29) is 11.4 Å². The van der Waals surface area contributed by atoms with Gasteiger partial charge in [0, 0.05) is 44.2 Å². The minimum atomic E-state index is -0.334. The summed E-state index contributed by atoms with van der Waals surface area (Å²) in [6.45, 7) is 9.87. The Kier molecular flexibility index (Phi) is 4.18. The molecule has 5 heteroatoms. The third-order valence-corrected chi connectivity index (χ3v) is 4.45. The predicted molar refractivity (Wildman–Crippen MR) is 86.3 cm³/mol. The smallest absolute Gasteiger partial charge is 0.336 e. The van der Waals surface area contributed by atoms with Crippen LogP contribution in [0.2, 0.25) is 0 Å². The van der Waals surface area contributed by atoms with E-state index in [1.54, 1.807) is 25.1 Å². The first kappa shape index (κ1) is 15.1. The van der Waals surface area contributed by atoms with Gasteiger partial charge in [-0.25, -0.2) is 4.79 Å². The molecule has 22 heavy (non-hydrogen) atoms. The minimum Gasteiger partial charge on any atom is -0.508 e. The number of phenols is 1.